The van der Waals surface area contributed by atoms with Crippen LogP contribution >= 0.6 is 0 Å². The lowest BCUT2D eigenvalue weighted by atomic mass is 10.1. The molecule has 1 aliphatic heterocycles. The maximum Gasteiger partial charge on any atom is 0.341 e. The summed E-state index contributed by atoms with van der Waals surface area (Å²) in [6.45, 7) is 4.12. The van der Waals surface area contributed by atoms with Crippen LogP contribution in [-0.4, -0.2) is 50.3 Å². The zero-order chi connectivity index (χ0) is 13.8. The first-order valence-electron chi connectivity index (χ1n) is 6.29. The van der Waals surface area contributed by atoms with Crippen molar-refractivity contribution in [3.8, 4) is 0 Å². The summed E-state index contributed by atoms with van der Waals surface area (Å²) in [6.07, 6.45) is -0.142. The second-order valence-corrected chi connectivity index (χ2v) is 4.84. The SMILES string of the molecule is Cc1ccc(C(=O)OC[C@H]2CN(C)CCO2)c(F)c1. The van der Waals surface area contributed by atoms with E-state index in [1.54, 1.807) is 13.0 Å². The molecule has 4 nitrogen and oxygen atoms in total. The van der Waals surface area contributed by atoms with E-state index in [0.29, 0.717) is 13.2 Å². The number of likely N-dealkylation sites (N-methyl/N-ethyl adjacent to an activating group) is 1. The predicted molar refractivity (Wildman–Crippen MR) is 68.7 cm³/mol. The first kappa shape index (κ1) is 14.0. The second kappa shape index (κ2) is 6.12. The molecular weight excluding hydrogens is 249 g/mol. The average molecular weight is 267 g/mol. The molecule has 0 amide bonds. The summed E-state index contributed by atoms with van der Waals surface area (Å²) < 4.78 is 24.2. The zero-order valence-corrected chi connectivity index (χ0v) is 11.2. The van der Waals surface area contributed by atoms with Gasteiger partial charge in [0.1, 0.15) is 18.5 Å². The van der Waals surface area contributed by atoms with Crippen LogP contribution in [0.5, 0.6) is 0 Å². The van der Waals surface area contributed by atoms with E-state index in [1.165, 1.54) is 12.1 Å². The topological polar surface area (TPSA) is 38.8 Å². The summed E-state index contributed by atoms with van der Waals surface area (Å²) in [5.74, 6) is -1.19. The van der Waals surface area contributed by atoms with E-state index in [4.69, 9.17) is 9.47 Å². The molecule has 0 bridgehead atoms. The van der Waals surface area contributed by atoms with Gasteiger partial charge in [-0.25, -0.2) is 9.18 Å². The number of hydrogen-bond donors (Lipinski definition) is 0. The number of rotatable bonds is 3. The van der Waals surface area contributed by atoms with Gasteiger partial charge in [0.2, 0.25) is 0 Å². The van der Waals surface area contributed by atoms with Crippen molar-refractivity contribution in [1.29, 1.82) is 0 Å². The van der Waals surface area contributed by atoms with E-state index in [0.717, 1.165) is 12.1 Å². The highest BCUT2D eigenvalue weighted by atomic mass is 19.1. The minimum Gasteiger partial charge on any atom is -0.459 e. The van der Waals surface area contributed by atoms with Crippen LogP contribution < -0.4 is 0 Å². The number of esters is 1. The maximum absolute atomic E-state index is 13.6. The Morgan fingerprint density at radius 1 is 1.58 bits per heavy atom. The third kappa shape index (κ3) is 3.75. The van der Waals surface area contributed by atoms with Gasteiger partial charge in [0.05, 0.1) is 12.2 Å². The van der Waals surface area contributed by atoms with Gasteiger partial charge in [-0.05, 0) is 31.7 Å². The molecule has 1 aliphatic rings. The number of aryl methyl sites for hydroxylation is 1. The molecule has 0 unspecified atom stereocenters. The highest BCUT2D eigenvalue weighted by Crippen LogP contribution is 2.12. The highest BCUT2D eigenvalue weighted by Gasteiger charge is 2.20. The fraction of sp³-hybridized carbons (Fsp3) is 0.500. The number of nitrogens with zero attached hydrogens (tertiary/aromatic N) is 1. The van der Waals surface area contributed by atoms with Crippen LogP contribution in [0.2, 0.25) is 0 Å². The van der Waals surface area contributed by atoms with Crippen LogP contribution in [0.15, 0.2) is 18.2 Å². The molecule has 5 heteroatoms. The number of benzene rings is 1. The first-order valence-corrected chi connectivity index (χ1v) is 6.29. The van der Waals surface area contributed by atoms with E-state index in [2.05, 4.69) is 4.90 Å². The lowest BCUT2D eigenvalue weighted by Crippen LogP contribution is -2.42. The standard InChI is InChI=1S/C14H18FNO3/c1-10-3-4-12(13(15)7-10)14(17)19-9-11-8-16(2)5-6-18-11/h3-4,7,11H,5-6,8-9H2,1-2H3/t11-/m1/s1. The molecule has 1 atom stereocenters. The maximum atomic E-state index is 13.6. The molecule has 1 aromatic rings. The molecule has 0 aromatic heterocycles. The van der Waals surface area contributed by atoms with Crippen molar-refractivity contribution in [3.63, 3.8) is 0 Å². The van der Waals surface area contributed by atoms with Crippen LogP contribution in [0, 0.1) is 12.7 Å². The summed E-state index contributed by atoms with van der Waals surface area (Å²) in [7, 11) is 1.98. The molecule has 104 valence electrons. The lowest BCUT2D eigenvalue weighted by molar-refractivity contribution is -0.0529. The summed E-state index contributed by atoms with van der Waals surface area (Å²) >= 11 is 0. The molecule has 0 radical (unpaired) electrons. The molecule has 0 spiro atoms. The average Bonchev–Trinajstić information content (AvgIpc) is 2.36. The van der Waals surface area contributed by atoms with Crippen molar-refractivity contribution in [1.82, 2.24) is 4.90 Å². The van der Waals surface area contributed by atoms with Gasteiger partial charge in [-0.3, -0.25) is 0 Å². The van der Waals surface area contributed by atoms with Gasteiger partial charge in [-0.1, -0.05) is 6.07 Å². The summed E-state index contributed by atoms with van der Waals surface area (Å²) in [6, 6.07) is 4.45. The third-order valence-electron chi connectivity index (χ3n) is 3.09. The van der Waals surface area contributed by atoms with Gasteiger partial charge in [0, 0.05) is 13.1 Å². The van der Waals surface area contributed by atoms with Gasteiger partial charge in [0.15, 0.2) is 0 Å². The van der Waals surface area contributed by atoms with Crippen molar-refractivity contribution in [2.24, 2.45) is 0 Å². The number of carbonyl (C=O) groups is 1. The van der Waals surface area contributed by atoms with E-state index in [-0.39, 0.29) is 18.3 Å². The van der Waals surface area contributed by atoms with Gasteiger partial charge in [0.25, 0.3) is 0 Å². The molecular formula is C14H18FNO3. The summed E-state index contributed by atoms with van der Waals surface area (Å²) in [4.78, 5) is 13.9. The van der Waals surface area contributed by atoms with Crippen LogP contribution in [-0.2, 0) is 9.47 Å². The molecule has 1 saturated heterocycles. The Labute approximate surface area is 112 Å². The van der Waals surface area contributed by atoms with Gasteiger partial charge in [-0.2, -0.15) is 0 Å². The minimum absolute atomic E-state index is 0.0326. The smallest absolute Gasteiger partial charge is 0.341 e. The van der Waals surface area contributed by atoms with Gasteiger partial charge >= 0.3 is 5.97 Å². The number of ether oxygens (including phenoxy) is 2. The third-order valence-corrected chi connectivity index (χ3v) is 3.09. The van der Waals surface area contributed by atoms with Crippen LogP contribution in [0.3, 0.4) is 0 Å². The van der Waals surface area contributed by atoms with Crippen LogP contribution in [0.1, 0.15) is 15.9 Å². The monoisotopic (exact) mass is 267 g/mol. The van der Waals surface area contributed by atoms with Crippen molar-refractivity contribution in [3.05, 3.63) is 35.1 Å². The number of halogens is 1. The van der Waals surface area contributed by atoms with E-state index in [1.807, 2.05) is 7.05 Å². The van der Waals surface area contributed by atoms with Crippen molar-refractivity contribution in [2.75, 3.05) is 33.4 Å². The Morgan fingerprint density at radius 2 is 2.37 bits per heavy atom. The van der Waals surface area contributed by atoms with E-state index in [9.17, 15) is 9.18 Å². The van der Waals surface area contributed by atoms with Gasteiger partial charge in [-0.15, -0.1) is 0 Å². The van der Waals surface area contributed by atoms with Crippen molar-refractivity contribution >= 4 is 5.97 Å². The quantitative estimate of drug-likeness (QED) is 0.780. The Bertz CT molecular complexity index is 464. The Balaban J connectivity index is 1.90. The number of carbonyl (C=O) groups excluding carboxylic acids is 1. The van der Waals surface area contributed by atoms with Crippen LogP contribution in [0.25, 0.3) is 0 Å². The second-order valence-electron chi connectivity index (χ2n) is 4.84. The zero-order valence-electron chi connectivity index (χ0n) is 11.2. The Kier molecular flexibility index (Phi) is 4.50. The molecule has 0 aliphatic carbocycles. The first-order chi connectivity index (χ1) is 9.06. The molecule has 0 N–H and O–H groups in total. The molecule has 0 saturated carbocycles. The normalized spacial score (nSPS) is 20.3. The Morgan fingerprint density at radius 3 is 3.05 bits per heavy atom. The number of morpholine rings is 1. The fourth-order valence-corrected chi connectivity index (χ4v) is 2.00. The molecule has 19 heavy (non-hydrogen) atoms. The minimum atomic E-state index is -0.644. The molecule has 1 aromatic carbocycles. The fourth-order valence-electron chi connectivity index (χ4n) is 2.00. The van der Waals surface area contributed by atoms with Crippen LogP contribution in [0.4, 0.5) is 4.39 Å². The molecule has 1 fully saturated rings. The molecule has 1 heterocycles. The number of hydrogen-bond acceptors (Lipinski definition) is 4. The van der Waals surface area contributed by atoms with Crippen molar-refractivity contribution < 1.29 is 18.7 Å². The predicted octanol–water partition coefficient (Wildman–Crippen LogP) is 1.62. The van der Waals surface area contributed by atoms with E-state index < -0.39 is 11.8 Å². The lowest BCUT2D eigenvalue weighted by Gasteiger charge is -2.29. The molecule has 2 rings (SSSR count). The largest absolute Gasteiger partial charge is 0.459 e. The summed E-state index contributed by atoms with van der Waals surface area (Å²) in [5.41, 5.74) is 0.737. The highest BCUT2D eigenvalue weighted by molar-refractivity contribution is 5.89. The van der Waals surface area contributed by atoms with E-state index >= 15 is 0 Å². The van der Waals surface area contributed by atoms with Crippen molar-refractivity contribution in [2.45, 2.75) is 13.0 Å². The summed E-state index contributed by atoms with van der Waals surface area (Å²) in [5, 5.41) is 0. The van der Waals surface area contributed by atoms with Gasteiger partial charge < -0.3 is 14.4 Å². The Hall–Kier alpha value is -1.46.